The van der Waals surface area contributed by atoms with E-state index in [1.807, 2.05) is 0 Å². The smallest absolute Gasteiger partial charge is 0.104 e. The van der Waals surface area contributed by atoms with Gasteiger partial charge in [-0.05, 0) is 38.0 Å². The van der Waals surface area contributed by atoms with Crippen LogP contribution in [0.3, 0.4) is 0 Å². The first-order valence-corrected chi connectivity index (χ1v) is 10.3. The van der Waals surface area contributed by atoms with E-state index >= 15 is 0 Å². The summed E-state index contributed by atoms with van der Waals surface area (Å²) in [6.45, 7) is 8.36. The molecule has 24 heavy (non-hydrogen) atoms. The number of hydrogen-bond donors (Lipinski definition) is 0. The van der Waals surface area contributed by atoms with Gasteiger partial charge in [0.25, 0.3) is 0 Å². The minimum atomic E-state index is 0.0463. The molecule has 1 saturated heterocycles. The molecule has 1 saturated carbocycles. The predicted molar refractivity (Wildman–Crippen MR) is 99.1 cm³/mol. The second-order valence-electron chi connectivity index (χ2n) is 7.62. The fourth-order valence-electron chi connectivity index (χ4n) is 4.24. The molecule has 0 spiro atoms. The maximum atomic E-state index is 6.65. The highest BCUT2D eigenvalue weighted by Crippen LogP contribution is 2.42. The number of rotatable bonds is 14. The summed E-state index contributed by atoms with van der Waals surface area (Å²) in [5, 5.41) is 0. The third-order valence-electron chi connectivity index (χ3n) is 5.74. The normalized spacial score (nSPS) is 23.6. The zero-order valence-corrected chi connectivity index (χ0v) is 15.8. The van der Waals surface area contributed by atoms with E-state index in [0.717, 1.165) is 38.6 Å². The van der Waals surface area contributed by atoms with Crippen molar-refractivity contribution in [1.82, 2.24) is 0 Å². The summed E-state index contributed by atoms with van der Waals surface area (Å²) >= 11 is 0. The van der Waals surface area contributed by atoms with E-state index in [1.54, 1.807) is 6.26 Å². The molecular formula is C21H38O3. The quantitative estimate of drug-likeness (QED) is 0.233. The van der Waals surface area contributed by atoms with Crippen molar-refractivity contribution in [2.24, 2.45) is 5.92 Å². The highest BCUT2D eigenvalue weighted by molar-refractivity contribution is 4.91. The highest BCUT2D eigenvalue weighted by atomic mass is 16.6. The molecule has 0 aromatic carbocycles. The summed E-state index contributed by atoms with van der Waals surface area (Å²) in [5.74, 6) is 0.718. The Morgan fingerprint density at radius 1 is 1.08 bits per heavy atom. The summed E-state index contributed by atoms with van der Waals surface area (Å²) in [7, 11) is 0. The molecule has 2 unspecified atom stereocenters. The van der Waals surface area contributed by atoms with Gasteiger partial charge in [-0.15, -0.1) is 0 Å². The zero-order valence-electron chi connectivity index (χ0n) is 15.8. The number of ether oxygens (including phenoxy) is 3. The standard InChI is InChI=1S/C21H38O3/c1-3-5-6-10-14-21(15-11-16-22-4-2,24-18-20-17-23-20)19-12-8-7-9-13-19/h4,19-20H,2-3,5-18H2,1H3. The Kier molecular flexibility index (Phi) is 9.19. The van der Waals surface area contributed by atoms with Crippen molar-refractivity contribution in [2.75, 3.05) is 19.8 Å². The molecule has 0 aromatic rings. The van der Waals surface area contributed by atoms with Crippen LogP contribution in [0.5, 0.6) is 0 Å². The van der Waals surface area contributed by atoms with Crippen molar-refractivity contribution >= 4 is 0 Å². The fraction of sp³-hybridized carbons (Fsp3) is 0.905. The molecule has 0 amide bonds. The average molecular weight is 339 g/mol. The van der Waals surface area contributed by atoms with Crippen LogP contribution in [0.25, 0.3) is 0 Å². The summed E-state index contributed by atoms with van der Waals surface area (Å²) in [6, 6.07) is 0. The molecule has 1 aliphatic carbocycles. The van der Waals surface area contributed by atoms with Gasteiger partial charge in [-0.1, -0.05) is 58.4 Å². The van der Waals surface area contributed by atoms with E-state index in [-0.39, 0.29) is 5.60 Å². The van der Waals surface area contributed by atoms with Gasteiger partial charge in [0.2, 0.25) is 0 Å². The molecule has 2 atom stereocenters. The molecular weight excluding hydrogens is 300 g/mol. The van der Waals surface area contributed by atoms with E-state index in [9.17, 15) is 0 Å². The van der Waals surface area contributed by atoms with Gasteiger partial charge < -0.3 is 14.2 Å². The summed E-state index contributed by atoms with van der Waals surface area (Å²) in [4.78, 5) is 0. The van der Waals surface area contributed by atoms with Crippen molar-refractivity contribution in [3.8, 4) is 0 Å². The summed E-state index contributed by atoms with van der Waals surface area (Å²) in [5.41, 5.74) is 0.0463. The first kappa shape index (κ1) is 19.8. The van der Waals surface area contributed by atoms with E-state index in [2.05, 4.69) is 13.5 Å². The van der Waals surface area contributed by atoms with Gasteiger partial charge in [0.15, 0.2) is 0 Å². The largest absolute Gasteiger partial charge is 0.502 e. The topological polar surface area (TPSA) is 31.0 Å². The van der Waals surface area contributed by atoms with Crippen LogP contribution in [0.1, 0.15) is 84.0 Å². The zero-order chi connectivity index (χ0) is 17.1. The van der Waals surface area contributed by atoms with Gasteiger partial charge >= 0.3 is 0 Å². The first-order chi connectivity index (χ1) is 11.8. The van der Waals surface area contributed by atoms with Gasteiger partial charge in [0.1, 0.15) is 6.10 Å². The lowest BCUT2D eigenvalue weighted by molar-refractivity contribution is -0.115. The van der Waals surface area contributed by atoms with Crippen molar-refractivity contribution in [1.29, 1.82) is 0 Å². The van der Waals surface area contributed by atoms with Crippen LogP contribution in [0.2, 0.25) is 0 Å². The van der Waals surface area contributed by atoms with E-state index in [1.165, 1.54) is 64.2 Å². The Hall–Kier alpha value is -0.540. The third-order valence-corrected chi connectivity index (χ3v) is 5.74. The van der Waals surface area contributed by atoms with E-state index in [4.69, 9.17) is 14.2 Å². The van der Waals surface area contributed by atoms with Gasteiger partial charge in [-0.3, -0.25) is 0 Å². The molecule has 3 heteroatoms. The summed E-state index contributed by atoms with van der Waals surface area (Å²) in [6.07, 6.45) is 17.3. The molecule has 3 nitrogen and oxygen atoms in total. The molecule has 0 bridgehead atoms. The Morgan fingerprint density at radius 2 is 1.83 bits per heavy atom. The molecule has 1 aliphatic heterocycles. The lowest BCUT2D eigenvalue weighted by Crippen LogP contribution is -2.43. The molecule has 0 N–H and O–H groups in total. The molecule has 0 radical (unpaired) electrons. The maximum Gasteiger partial charge on any atom is 0.104 e. The molecule has 2 aliphatic rings. The molecule has 1 heterocycles. The lowest BCUT2D eigenvalue weighted by atomic mass is 9.72. The number of hydrogen-bond acceptors (Lipinski definition) is 3. The van der Waals surface area contributed by atoms with E-state index < -0.39 is 0 Å². The number of epoxide rings is 1. The third kappa shape index (κ3) is 6.76. The second-order valence-corrected chi connectivity index (χ2v) is 7.62. The Bertz CT molecular complexity index is 334. The Balaban J connectivity index is 1.97. The van der Waals surface area contributed by atoms with E-state index in [0.29, 0.717) is 6.10 Å². The van der Waals surface area contributed by atoms with Crippen LogP contribution in [-0.4, -0.2) is 31.5 Å². The lowest BCUT2D eigenvalue weighted by Gasteiger charge is -2.43. The monoisotopic (exact) mass is 338 g/mol. The van der Waals surface area contributed by atoms with Crippen LogP contribution < -0.4 is 0 Å². The second kappa shape index (κ2) is 11.1. The van der Waals surface area contributed by atoms with Crippen LogP contribution in [-0.2, 0) is 14.2 Å². The number of unbranched alkanes of at least 4 members (excludes halogenated alkanes) is 3. The molecule has 140 valence electrons. The van der Waals surface area contributed by atoms with Crippen LogP contribution in [0, 0.1) is 5.92 Å². The van der Waals surface area contributed by atoms with Gasteiger partial charge in [-0.2, -0.15) is 0 Å². The Morgan fingerprint density at radius 3 is 2.50 bits per heavy atom. The minimum Gasteiger partial charge on any atom is -0.502 e. The average Bonchev–Trinajstić information content (AvgIpc) is 3.45. The SMILES string of the molecule is C=COCCCC(CCCCCC)(OCC1CO1)C1CCCCC1. The fourth-order valence-corrected chi connectivity index (χ4v) is 4.24. The minimum absolute atomic E-state index is 0.0463. The van der Waals surface area contributed by atoms with Crippen molar-refractivity contribution in [3.63, 3.8) is 0 Å². The summed E-state index contributed by atoms with van der Waals surface area (Å²) < 4.78 is 17.4. The van der Waals surface area contributed by atoms with Gasteiger partial charge in [0, 0.05) is 0 Å². The Labute approximate surface area is 149 Å². The maximum absolute atomic E-state index is 6.65. The van der Waals surface area contributed by atoms with Crippen LogP contribution >= 0.6 is 0 Å². The molecule has 2 rings (SSSR count). The van der Waals surface area contributed by atoms with Crippen LogP contribution in [0.4, 0.5) is 0 Å². The predicted octanol–water partition coefficient (Wildman–Crippen LogP) is 5.63. The first-order valence-electron chi connectivity index (χ1n) is 10.3. The molecule has 2 fully saturated rings. The highest BCUT2D eigenvalue weighted by Gasteiger charge is 2.40. The molecule has 0 aromatic heterocycles. The van der Waals surface area contributed by atoms with Crippen molar-refractivity contribution < 1.29 is 14.2 Å². The van der Waals surface area contributed by atoms with Crippen LogP contribution in [0.15, 0.2) is 12.8 Å². The van der Waals surface area contributed by atoms with Gasteiger partial charge in [-0.25, -0.2) is 0 Å². The van der Waals surface area contributed by atoms with Crippen molar-refractivity contribution in [2.45, 2.75) is 95.7 Å². The van der Waals surface area contributed by atoms with Gasteiger partial charge in [0.05, 0.1) is 31.7 Å². The van der Waals surface area contributed by atoms with Crippen molar-refractivity contribution in [3.05, 3.63) is 12.8 Å².